The zero-order valence-corrected chi connectivity index (χ0v) is 21.3. The molecule has 0 saturated carbocycles. The largest absolute Gasteiger partial charge is 0.490 e. The van der Waals surface area contributed by atoms with Gasteiger partial charge in [0.15, 0.2) is 16.7 Å². The van der Waals surface area contributed by atoms with Crippen LogP contribution in [-0.2, 0) is 11.4 Å². The first-order valence-corrected chi connectivity index (χ1v) is 12.7. The number of rotatable bonds is 7. The van der Waals surface area contributed by atoms with Crippen LogP contribution in [0.2, 0.25) is 5.02 Å². The van der Waals surface area contributed by atoms with Gasteiger partial charge in [-0.3, -0.25) is 15.1 Å². The summed E-state index contributed by atoms with van der Waals surface area (Å²) in [5.74, 6) is -0.260. The first-order chi connectivity index (χ1) is 18.0. The van der Waals surface area contributed by atoms with E-state index in [9.17, 15) is 9.18 Å². The number of hydrogen-bond donors (Lipinski definition) is 1. The Balaban J connectivity index is 1.46. The van der Waals surface area contributed by atoms with Gasteiger partial charge in [-0.05, 0) is 42.3 Å². The Morgan fingerprint density at radius 3 is 2.62 bits per heavy atom. The number of fused-ring (bicyclic) bond motifs is 1. The van der Waals surface area contributed by atoms with Crippen LogP contribution >= 0.6 is 23.4 Å². The maximum absolute atomic E-state index is 14.0. The molecular weight excluding hydrogens is 513 g/mol. The minimum absolute atomic E-state index is 0.0177. The summed E-state index contributed by atoms with van der Waals surface area (Å²) >= 11 is 7.85. The number of amidine groups is 2. The topological polar surface area (TPSA) is 75.0 Å². The molecule has 0 saturated heterocycles. The molecule has 2 heterocycles. The maximum Gasteiger partial charge on any atom is 0.283 e. The Morgan fingerprint density at radius 1 is 1.11 bits per heavy atom. The summed E-state index contributed by atoms with van der Waals surface area (Å²) in [6.45, 7) is 2.12. The predicted molar refractivity (Wildman–Crippen MR) is 145 cm³/mol. The molecule has 0 aromatic heterocycles. The van der Waals surface area contributed by atoms with Crippen LogP contribution in [0.3, 0.4) is 0 Å². The second kappa shape index (κ2) is 10.6. The third-order valence-corrected chi connectivity index (χ3v) is 6.76. The minimum Gasteiger partial charge on any atom is -0.490 e. The molecule has 0 radical (unpaired) electrons. The highest BCUT2D eigenvalue weighted by Crippen LogP contribution is 2.40. The van der Waals surface area contributed by atoms with E-state index in [1.807, 2.05) is 42.7 Å². The van der Waals surface area contributed by atoms with Crippen LogP contribution < -0.4 is 9.47 Å². The molecule has 6 nitrogen and oxygen atoms in total. The molecule has 0 spiro atoms. The van der Waals surface area contributed by atoms with Crippen molar-refractivity contribution in [1.82, 2.24) is 4.90 Å². The smallest absolute Gasteiger partial charge is 0.283 e. The Bertz CT molecular complexity index is 1490. The fourth-order valence-corrected chi connectivity index (χ4v) is 5.08. The summed E-state index contributed by atoms with van der Waals surface area (Å²) in [5.41, 5.74) is 2.73. The van der Waals surface area contributed by atoms with E-state index in [1.165, 1.54) is 17.8 Å². The number of nitrogens with one attached hydrogen (secondary N) is 1. The van der Waals surface area contributed by atoms with Crippen LogP contribution in [0, 0.1) is 11.2 Å². The van der Waals surface area contributed by atoms with E-state index in [1.54, 1.807) is 41.3 Å². The summed E-state index contributed by atoms with van der Waals surface area (Å²) in [7, 11) is 0. The van der Waals surface area contributed by atoms with Gasteiger partial charge < -0.3 is 9.47 Å². The predicted octanol–water partition coefficient (Wildman–Crippen LogP) is 6.76. The highest BCUT2D eigenvalue weighted by atomic mass is 35.5. The molecule has 2 aliphatic heterocycles. The molecule has 3 aromatic rings. The Kier molecular flexibility index (Phi) is 7.12. The summed E-state index contributed by atoms with van der Waals surface area (Å²) in [4.78, 5) is 18.7. The Morgan fingerprint density at radius 2 is 1.86 bits per heavy atom. The Labute approximate surface area is 222 Å². The monoisotopic (exact) mass is 533 g/mol. The standard InChI is InChI=1S/C28H21ClFN3O3S/c1-2-35-24-14-17(13-21(29)25(24)36-15-19-10-6-7-11-22(19)30)12-20-26(31)33-23(18-8-4-3-5-9-18)16-37-28(33)32-27(20)34/h3-14,16,31H,2,15H2,1H3. The van der Waals surface area contributed by atoms with Gasteiger partial charge in [-0.15, -0.1) is 0 Å². The lowest BCUT2D eigenvalue weighted by Gasteiger charge is -2.27. The van der Waals surface area contributed by atoms with Gasteiger partial charge >= 0.3 is 0 Å². The van der Waals surface area contributed by atoms with Gasteiger partial charge in [-0.25, -0.2) is 4.39 Å². The third-order valence-electron chi connectivity index (χ3n) is 5.66. The number of carbonyl (C=O) groups is 1. The van der Waals surface area contributed by atoms with Gasteiger partial charge in [0.25, 0.3) is 5.91 Å². The van der Waals surface area contributed by atoms with E-state index in [2.05, 4.69) is 4.99 Å². The first kappa shape index (κ1) is 24.8. The van der Waals surface area contributed by atoms with Gasteiger partial charge in [0, 0.05) is 11.0 Å². The summed E-state index contributed by atoms with van der Waals surface area (Å²) in [6.07, 6.45) is 1.56. The number of ether oxygens (including phenoxy) is 2. The van der Waals surface area contributed by atoms with Crippen LogP contribution in [0.15, 0.2) is 82.7 Å². The summed E-state index contributed by atoms with van der Waals surface area (Å²) in [6, 6.07) is 19.2. The molecule has 1 N–H and O–H groups in total. The van der Waals surface area contributed by atoms with Crippen molar-refractivity contribution in [3.63, 3.8) is 0 Å². The molecule has 0 aliphatic carbocycles. The zero-order chi connectivity index (χ0) is 25.9. The SMILES string of the molecule is CCOc1cc(C=C2C(=N)N3C(c4ccccc4)=CSC3=NC2=O)cc(Cl)c1OCc1ccccc1F. The lowest BCUT2D eigenvalue weighted by atomic mass is 10.1. The summed E-state index contributed by atoms with van der Waals surface area (Å²) < 4.78 is 25.6. The number of amides is 1. The van der Waals surface area contributed by atoms with Crippen molar-refractivity contribution in [1.29, 1.82) is 5.41 Å². The maximum atomic E-state index is 14.0. The highest BCUT2D eigenvalue weighted by Gasteiger charge is 2.36. The average Bonchev–Trinajstić information content (AvgIpc) is 3.31. The fourth-order valence-electron chi connectivity index (χ4n) is 3.92. The minimum atomic E-state index is -0.513. The molecule has 0 unspecified atom stereocenters. The summed E-state index contributed by atoms with van der Waals surface area (Å²) in [5, 5.41) is 11.4. The first-order valence-electron chi connectivity index (χ1n) is 11.4. The second-order valence-corrected chi connectivity index (χ2v) is 9.32. The van der Waals surface area contributed by atoms with Gasteiger partial charge in [-0.2, -0.15) is 4.99 Å². The number of halogens is 2. The normalized spacial score (nSPS) is 16.0. The van der Waals surface area contributed by atoms with Crippen molar-refractivity contribution >= 4 is 52.0 Å². The van der Waals surface area contributed by atoms with Crippen LogP contribution in [0.1, 0.15) is 23.6 Å². The Hall–Kier alpha value is -3.88. The number of carbonyl (C=O) groups excluding carboxylic acids is 1. The lowest BCUT2D eigenvalue weighted by molar-refractivity contribution is -0.114. The average molecular weight is 534 g/mol. The molecule has 2 aliphatic rings. The number of thioether (sulfide) groups is 1. The second-order valence-electron chi connectivity index (χ2n) is 8.07. The van der Waals surface area contributed by atoms with Crippen LogP contribution in [-0.4, -0.2) is 28.4 Å². The number of hydrogen-bond acceptors (Lipinski definition) is 5. The van der Waals surface area contributed by atoms with E-state index in [-0.39, 0.29) is 34.6 Å². The molecular formula is C28H21ClFN3O3S. The molecule has 9 heteroatoms. The van der Waals surface area contributed by atoms with Crippen LogP contribution in [0.5, 0.6) is 11.5 Å². The van der Waals surface area contributed by atoms with Crippen LogP contribution in [0.25, 0.3) is 11.8 Å². The van der Waals surface area contributed by atoms with Crippen molar-refractivity contribution in [2.45, 2.75) is 13.5 Å². The van der Waals surface area contributed by atoms with E-state index in [0.29, 0.717) is 28.7 Å². The quantitative estimate of drug-likeness (QED) is 0.339. The lowest BCUT2D eigenvalue weighted by Crippen LogP contribution is -2.38. The van der Waals surface area contributed by atoms with Gasteiger partial charge in [0.05, 0.1) is 22.9 Å². The van der Waals surface area contributed by atoms with Gasteiger partial charge in [0.1, 0.15) is 18.3 Å². The van der Waals surface area contributed by atoms with Crippen molar-refractivity contribution < 1.29 is 18.7 Å². The molecule has 1 amide bonds. The molecule has 0 atom stereocenters. The van der Waals surface area contributed by atoms with Gasteiger partial charge in [-0.1, -0.05) is 71.9 Å². The van der Waals surface area contributed by atoms with Crippen LogP contribution in [0.4, 0.5) is 4.39 Å². The van der Waals surface area contributed by atoms with E-state index in [0.717, 1.165) is 11.3 Å². The molecule has 37 heavy (non-hydrogen) atoms. The third kappa shape index (κ3) is 5.03. The molecule has 5 rings (SSSR count). The van der Waals surface area contributed by atoms with E-state index >= 15 is 0 Å². The molecule has 0 bridgehead atoms. The van der Waals surface area contributed by atoms with Crippen molar-refractivity contribution in [3.05, 3.63) is 105 Å². The van der Waals surface area contributed by atoms with Crippen molar-refractivity contribution in [2.24, 2.45) is 4.99 Å². The number of aliphatic imine (C=N–C) groups is 1. The number of nitrogens with zero attached hydrogens (tertiary/aromatic N) is 2. The van der Waals surface area contributed by atoms with E-state index < -0.39 is 5.91 Å². The number of benzene rings is 3. The zero-order valence-electron chi connectivity index (χ0n) is 19.7. The molecule has 0 fully saturated rings. The molecule has 3 aromatic carbocycles. The van der Waals surface area contributed by atoms with Gasteiger partial charge in [0.2, 0.25) is 0 Å². The molecule has 186 valence electrons. The van der Waals surface area contributed by atoms with E-state index in [4.69, 9.17) is 26.5 Å². The fraction of sp³-hybridized carbons (Fsp3) is 0.107. The van der Waals surface area contributed by atoms with Crippen molar-refractivity contribution in [3.8, 4) is 11.5 Å². The highest BCUT2D eigenvalue weighted by molar-refractivity contribution is 8.17. The van der Waals surface area contributed by atoms with Crippen molar-refractivity contribution in [2.75, 3.05) is 6.61 Å².